The molecule has 8 rings (SSSR count). The lowest BCUT2D eigenvalue weighted by molar-refractivity contribution is 0.483. The van der Waals surface area contributed by atoms with E-state index in [0.717, 1.165) is 62.1 Å². The summed E-state index contributed by atoms with van der Waals surface area (Å²) < 4.78 is 8.71. The van der Waals surface area contributed by atoms with Crippen LogP contribution in [0.15, 0.2) is 134 Å². The van der Waals surface area contributed by atoms with E-state index in [0.29, 0.717) is 0 Å². The molecule has 0 atom stereocenters. The molecular formula is C36H24N4O. The molecule has 194 valence electrons. The first-order valence-corrected chi connectivity index (χ1v) is 13.6. The molecule has 3 aromatic heterocycles. The zero-order valence-electron chi connectivity index (χ0n) is 22.1. The van der Waals surface area contributed by atoms with E-state index in [-0.39, 0.29) is 0 Å². The standard InChI is InChI=1S/C36H24N4O/c1-3-14-32-25(9-1)17-18-26-10-8-22-38-36(26)39(32)27-11-7-12-28(23-27)41-29-19-20-31-30-13-2-4-15-33(30)40(34(31)24-29)35-16-5-6-21-37-35/h1-24H. The van der Waals surface area contributed by atoms with Gasteiger partial charge in [-0.3, -0.25) is 9.47 Å². The lowest BCUT2D eigenvalue weighted by Gasteiger charge is -2.26. The Morgan fingerprint density at radius 3 is 2.27 bits per heavy atom. The largest absolute Gasteiger partial charge is 0.457 e. The number of rotatable bonds is 4. The Bertz CT molecular complexity index is 2050. The van der Waals surface area contributed by atoms with Crippen LogP contribution in [0.2, 0.25) is 0 Å². The number of benzene rings is 4. The number of aromatic nitrogens is 3. The highest BCUT2D eigenvalue weighted by Crippen LogP contribution is 2.42. The molecule has 0 saturated heterocycles. The van der Waals surface area contributed by atoms with Crippen LogP contribution in [0, 0.1) is 0 Å². The van der Waals surface area contributed by atoms with Crippen molar-refractivity contribution in [1.82, 2.24) is 14.5 Å². The van der Waals surface area contributed by atoms with Crippen LogP contribution in [-0.4, -0.2) is 14.5 Å². The Kier molecular flexibility index (Phi) is 5.38. The normalized spacial score (nSPS) is 12.2. The number of fused-ring (bicyclic) bond motifs is 5. The zero-order valence-corrected chi connectivity index (χ0v) is 22.1. The summed E-state index contributed by atoms with van der Waals surface area (Å²) >= 11 is 0. The van der Waals surface area contributed by atoms with Gasteiger partial charge in [0.1, 0.15) is 23.1 Å². The van der Waals surface area contributed by atoms with Gasteiger partial charge in [0.25, 0.3) is 0 Å². The van der Waals surface area contributed by atoms with Crippen LogP contribution in [0.4, 0.5) is 17.2 Å². The number of pyridine rings is 2. The van der Waals surface area contributed by atoms with Crippen LogP contribution in [0.1, 0.15) is 11.1 Å². The third-order valence-corrected chi connectivity index (χ3v) is 7.48. The first-order valence-electron chi connectivity index (χ1n) is 13.6. The molecule has 0 fully saturated rings. The molecule has 7 aromatic rings. The Balaban J connectivity index is 1.23. The minimum atomic E-state index is 0.745. The van der Waals surface area contributed by atoms with Crippen LogP contribution in [0.5, 0.6) is 11.5 Å². The minimum Gasteiger partial charge on any atom is -0.457 e. The molecule has 5 nitrogen and oxygen atoms in total. The zero-order chi connectivity index (χ0) is 27.2. The lowest BCUT2D eigenvalue weighted by Crippen LogP contribution is -2.13. The van der Waals surface area contributed by atoms with E-state index in [2.05, 4.69) is 105 Å². The van der Waals surface area contributed by atoms with Crippen molar-refractivity contribution < 1.29 is 4.74 Å². The maximum Gasteiger partial charge on any atom is 0.144 e. The van der Waals surface area contributed by atoms with Gasteiger partial charge in [-0.2, -0.15) is 0 Å². The van der Waals surface area contributed by atoms with Crippen LogP contribution in [0.3, 0.4) is 0 Å². The summed E-state index contributed by atoms with van der Waals surface area (Å²) in [5.41, 5.74) is 6.39. The monoisotopic (exact) mass is 528 g/mol. The second-order valence-corrected chi connectivity index (χ2v) is 9.96. The van der Waals surface area contributed by atoms with Gasteiger partial charge in [-0.1, -0.05) is 60.7 Å². The van der Waals surface area contributed by atoms with Crippen LogP contribution in [-0.2, 0) is 0 Å². The number of nitrogens with zero attached hydrogens (tertiary/aromatic N) is 4. The number of ether oxygens (including phenoxy) is 1. The molecule has 1 aliphatic rings. The fourth-order valence-corrected chi connectivity index (χ4v) is 5.68. The highest BCUT2D eigenvalue weighted by atomic mass is 16.5. The van der Waals surface area contributed by atoms with Crippen LogP contribution >= 0.6 is 0 Å². The summed E-state index contributed by atoms with van der Waals surface area (Å²) in [6.45, 7) is 0. The smallest absolute Gasteiger partial charge is 0.144 e. The Morgan fingerprint density at radius 1 is 0.537 bits per heavy atom. The minimum absolute atomic E-state index is 0.745. The van der Waals surface area contributed by atoms with Gasteiger partial charge in [0.15, 0.2) is 0 Å². The predicted octanol–water partition coefficient (Wildman–Crippen LogP) is 9.32. The molecule has 0 saturated carbocycles. The topological polar surface area (TPSA) is 43.2 Å². The van der Waals surface area contributed by atoms with E-state index in [1.807, 2.05) is 54.9 Å². The second kappa shape index (κ2) is 9.50. The van der Waals surface area contributed by atoms with Gasteiger partial charge in [0.05, 0.1) is 22.4 Å². The molecule has 4 heterocycles. The van der Waals surface area contributed by atoms with Crippen molar-refractivity contribution in [2.24, 2.45) is 0 Å². The number of hydrogen-bond acceptors (Lipinski definition) is 4. The van der Waals surface area contributed by atoms with Gasteiger partial charge in [-0.15, -0.1) is 0 Å². The highest BCUT2D eigenvalue weighted by Gasteiger charge is 2.21. The van der Waals surface area contributed by atoms with Gasteiger partial charge in [-0.05, 0) is 66.2 Å². The van der Waals surface area contributed by atoms with Gasteiger partial charge in [0.2, 0.25) is 0 Å². The summed E-state index contributed by atoms with van der Waals surface area (Å²) in [7, 11) is 0. The molecule has 0 aliphatic carbocycles. The predicted molar refractivity (Wildman–Crippen MR) is 166 cm³/mol. The van der Waals surface area contributed by atoms with Crippen molar-refractivity contribution >= 4 is 51.2 Å². The van der Waals surface area contributed by atoms with E-state index in [4.69, 9.17) is 9.72 Å². The maximum absolute atomic E-state index is 6.52. The summed E-state index contributed by atoms with van der Waals surface area (Å²) in [4.78, 5) is 11.6. The molecule has 0 N–H and O–H groups in total. The molecule has 0 amide bonds. The lowest BCUT2D eigenvalue weighted by atomic mass is 10.1. The Hall–Kier alpha value is -5.68. The number of anilines is 3. The molecule has 1 aliphatic heterocycles. The quantitative estimate of drug-likeness (QED) is 0.228. The van der Waals surface area contributed by atoms with Crippen molar-refractivity contribution in [3.63, 3.8) is 0 Å². The van der Waals surface area contributed by atoms with E-state index in [1.54, 1.807) is 0 Å². The molecule has 0 spiro atoms. The van der Waals surface area contributed by atoms with Gasteiger partial charge < -0.3 is 4.74 Å². The molecule has 0 bridgehead atoms. The average Bonchev–Trinajstić information content (AvgIpc) is 3.25. The number of hydrogen-bond donors (Lipinski definition) is 0. The van der Waals surface area contributed by atoms with E-state index >= 15 is 0 Å². The molecule has 41 heavy (non-hydrogen) atoms. The molecule has 4 aromatic carbocycles. The third kappa shape index (κ3) is 3.95. The summed E-state index contributed by atoms with van der Waals surface area (Å²) in [6, 6.07) is 41.3. The fraction of sp³-hybridized carbons (Fsp3) is 0. The van der Waals surface area contributed by atoms with Crippen LogP contribution in [0.25, 0.3) is 39.8 Å². The molecule has 0 unspecified atom stereocenters. The van der Waals surface area contributed by atoms with Gasteiger partial charge >= 0.3 is 0 Å². The Labute approximate surface area is 237 Å². The summed E-state index contributed by atoms with van der Waals surface area (Å²) in [6.07, 6.45) is 7.93. The van der Waals surface area contributed by atoms with Crippen molar-refractivity contribution in [2.75, 3.05) is 4.90 Å². The van der Waals surface area contributed by atoms with Gasteiger partial charge in [0, 0.05) is 40.9 Å². The van der Waals surface area contributed by atoms with Crippen molar-refractivity contribution in [2.45, 2.75) is 0 Å². The first kappa shape index (κ1) is 23.2. The van der Waals surface area contributed by atoms with E-state index < -0.39 is 0 Å². The van der Waals surface area contributed by atoms with Crippen molar-refractivity contribution in [3.8, 4) is 17.3 Å². The number of para-hydroxylation sites is 2. The average molecular weight is 529 g/mol. The third-order valence-electron chi connectivity index (χ3n) is 7.48. The van der Waals surface area contributed by atoms with E-state index in [1.165, 1.54) is 5.39 Å². The molecule has 0 radical (unpaired) electrons. The fourth-order valence-electron chi connectivity index (χ4n) is 5.68. The van der Waals surface area contributed by atoms with E-state index in [9.17, 15) is 0 Å². The van der Waals surface area contributed by atoms with Gasteiger partial charge in [-0.25, -0.2) is 9.97 Å². The molecular weight excluding hydrogens is 504 g/mol. The summed E-state index contributed by atoms with van der Waals surface area (Å²) in [5, 5.41) is 2.34. The van der Waals surface area contributed by atoms with Crippen molar-refractivity contribution in [1.29, 1.82) is 0 Å². The van der Waals surface area contributed by atoms with Crippen molar-refractivity contribution in [3.05, 3.63) is 145 Å². The SMILES string of the molecule is C1=Cc2cccnc2N(c2cccc(Oc3ccc4c5ccccc5n(-c5ccccn5)c4c3)c2)c2ccccc21. The second-order valence-electron chi connectivity index (χ2n) is 9.96. The first-order chi connectivity index (χ1) is 20.3. The molecule has 5 heteroatoms. The highest BCUT2D eigenvalue weighted by molar-refractivity contribution is 6.09. The maximum atomic E-state index is 6.52. The Morgan fingerprint density at radius 2 is 1.32 bits per heavy atom. The summed E-state index contributed by atoms with van der Waals surface area (Å²) in [5.74, 6) is 3.25. The van der Waals surface area contributed by atoms with Crippen LogP contribution < -0.4 is 9.64 Å².